The topological polar surface area (TPSA) is 20.2 Å². The molecule has 19 heavy (non-hydrogen) atoms. The minimum atomic E-state index is -1.13. The second-order valence-corrected chi connectivity index (χ2v) is 5.01. The Morgan fingerprint density at radius 1 is 1.00 bits per heavy atom. The Bertz CT molecular complexity index is 628. The maximum absolute atomic E-state index is 10.4. The van der Waals surface area contributed by atoms with Gasteiger partial charge in [0.2, 0.25) is 0 Å². The van der Waals surface area contributed by atoms with E-state index in [1.807, 2.05) is 50.2 Å². The van der Waals surface area contributed by atoms with Crippen LogP contribution in [0.15, 0.2) is 48.5 Å². The van der Waals surface area contributed by atoms with Crippen LogP contribution >= 0.6 is 0 Å². The van der Waals surface area contributed by atoms with E-state index in [0.717, 1.165) is 16.7 Å². The van der Waals surface area contributed by atoms with Crippen LogP contribution in [0.1, 0.15) is 29.2 Å². The summed E-state index contributed by atoms with van der Waals surface area (Å²) in [6.45, 7) is 5.79. The summed E-state index contributed by atoms with van der Waals surface area (Å²) in [6, 6.07) is 15.7. The average molecular weight is 250 g/mol. The zero-order valence-electron chi connectivity index (χ0n) is 11.6. The Morgan fingerprint density at radius 2 is 1.68 bits per heavy atom. The van der Waals surface area contributed by atoms with Crippen molar-refractivity contribution in [2.75, 3.05) is 0 Å². The fraction of sp³-hybridized carbons (Fsp3) is 0.222. The predicted octanol–water partition coefficient (Wildman–Crippen LogP) is 3.56. The van der Waals surface area contributed by atoms with Crippen molar-refractivity contribution in [2.24, 2.45) is 0 Å². The lowest BCUT2D eigenvalue weighted by atomic mass is 9.96. The van der Waals surface area contributed by atoms with Crippen LogP contribution in [0.4, 0.5) is 0 Å². The van der Waals surface area contributed by atoms with E-state index in [1.165, 1.54) is 5.56 Å². The number of aliphatic hydroxyl groups is 1. The van der Waals surface area contributed by atoms with Gasteiger partial charge in [-0.2, -0.15) is 0 Å². The second-order valence-electron chi connectivity index (χ2n) is 5.01. The third kappa shape index (κ3) is 3.24. The molecule has 1 unspecified atom stereocenters. The third-order valence-corrected chi connectivity index (χ3v) is 3.17. The van der Waals surface area contributed by atoms with Crippen LogP contribution in [0, 0.1) is 25.7 Å². The maximum atomic E-state index is 10.4. The highest BCUT2D eigenvalue weighted by molar-refractivity contribution is 5.45. The van der Waals surface area contributed by atoms with Crippen molar-refractivity contribution < 1.29 is 5.11 Å². The quantitative estimate of drug-likeness (QED) is 0.767. The van der Waals surface area contributed by atoms with Crippen molar-refractivity contribution in [3.05, 3.63) is 70.8 Å². The van der Waals surface area contributed by atoms with E-state index in [-0.39, 0.29) is 0 Å². The third-order valence-electron chi connectivity index (χ3n) is 3.17. The first-order valence-corrected chi connectivity index (χ1v) is 6.37. The highest BCUT2D eigenvalue weighted by Gasteiger charge is 2.19. The van der Waals surface area contributed by atoms with Gasteiger partial charge in [0.05, 0.1) is 0 Å². The van der Waals surface area contributed by atoms with Gasteiger partial charge in [-0.05, 0) is 43.5 Å². The van der Waals surface area contributed by atoms with Crippen molar-refractivity contribution in [3.8, 4) is 11.8 Å². The van der Waals surface area contributed by atoms with Gasteiger partial charge in [-0.25, -0.2) is 0 Å². The summed E-state index contributed by atoms with van der Waals surface area (Å²) in [5, 5.41) is 10.4. The maximum Gasteiger partial charge on any atom is 0.148 e. The molecule has 0 amide bonds. The predicted molar refractivity (Wildman–Crippen MR) is 78.8 cm³/mol. The van der Waals surface area contributed by atoms with Crippen molar-refractivity contribution in [3.63, 3.8) is 0 Å². The molecule has 0 aromatic heterocycles. The van der Waals surface area contributed by atoms with Crippen LogP contribution in [-0.2, 0) is 5.60 Å². The molecule has 0 aliphatic rings. The molecular formula is C18H18O. The van der Waals surface area contributed by atoms with Crippen LogP contribution in [0.25, 0.3) is 0 Å². The SMILES string of the molecule is Cc1ccc(C)c(C#CC(C)(O)c2ccccc2)c1. The van der Waals surface area contributed by atoms with Gasteiger partial charge in [0.15, 0.2) is 0 Å². The Hall–Kier alpha value is -2.04. The van der Waals surface area contributed by atoms with E-state index in [2.05, 4.69) is 24.0 Å². The lowest BCUT2D eigenvalue weighted by Gasteiger charge is -2.16. The zero-order chi connectivity index (χ0) is 13.9. The van der Waals surface area contributed by atoms with Gasteiger partial charge in [-0.15, -0.1) is 0 Å². The lowest BCUT2D eigenvalue weighted by molar-refractivity contribution is 0.122. The Kier molecular flexibility index (Phi) is 3.74. The molecule has 0 saturated heterocycles. The standard InChI is InChI=1S/C18H18O/c1-14-9-10-15(2)16(13-14)11-12-18(3,19)17-7-5-4-6-8-17/h4-10,13,19H,1-3H3. The molecule has 0 radical (unpaired) electrons. The zero-order valence-corrected chi connectivity index (χ0v) is 11.6. The van der Waals surface area contributed by atoms with Crippen molar-refractivity contribution in [1.29, 1.82) is 0 Å². The van der Waals surface area contributed by atoms with E-state index in [0.29, 0.717) is 0 Å². The highest BCUT2D eigenvalue weighted by Crippen LogP contribution is 2.19. The molecule has 0 bridgehead atoms. The van der Waals surface area contributed by atoms with Crippen molar-refractivity contribution in [1.82, 2.24) is 0 Å². The van der Waals surface area contributed by atoms with Crippen LogP contribution in [-0.4, -0.2) is 5.11 Å². The molecule has 0 fully saturated rings. The van der Waals surface area contributed by atoms with Crippen LogP contribution < -0.4 is 0 Å². The first-order valence-electron chi connectivity index (χ1n) is 6.37. The molecule has 2 aromatic carbocycles. The van der Waals surface area contributed by atoms with E-state index in [9.17, 15) is 5.11 Å². The molecule has 2 rings (SSSR count). The van der Waals surface area contributed by atoms with Gasteiger partial charge >= 0.3 is 0 Å². The first kappa shape index (κ1) is 13.4. The molecule has 0 aliphatic carbocycles. The summed E-state index contributed by atoms with van der Waals surface area (Å²) in [5.74, 6) is 6.06. The lowest BCUT2D eigenvalue weighted by Crippen LogP contribution is -2.18. The summed E-state index contributed by atoms with van der Waals surface area (Å²) >= 11 is 0. The smallest absolute Gasteiger partial charge is 0.148 e. The minimum Gasteiger partial charge on any atom is -0.374 e. The van der Waals surface area contributed by atoms with E-state index >= 15 is 0 Å². The number of hydrogen-bond donors (Lipinski definition) is 1. The molecule has 2 aromatic rings. The van der Waals surface area contributed by atoms with Gasteiger partial charge in [-0.1, -0.05) is 54.3 Å². The summed E-state index contributed by atoms with van der Waals surface area (Å²) in [6.07, 6.45) is 0. The van der Waals surface area contributed by atoms with Gasteiger partial charge in [0.25, 0.3) is 0 Å². The van der Waals surface area contributed by atoms with E-state index in [4.69, 9.17) is 0 Å². The fourth-order valence-electron chi connectivity index (χ4n) is 1.89. The molecule has 1 nitrogen and oxygen atoms in total. The van der Waals surface area contributed by atoms with E-state index in [1.54, 1.807) is 6.92 Å². The normalized spacial score (nSPS) is 13.3. The minimum absolute atomic E-state index is 0.813. The van der Waals surface area contributed by atoms with Crippen molar-refractivity contribution >= 4 is 0 Å². The number of rotatable bonds is 1. The molecule has 0 heterocycles. The van der Waals surface area contributed by atoms with Gasteiger partial charge in [0.1, 0.15) is 5.60 Å². The molecule has 1 atom stereocenters. The van der Waals surface area contributed by atoms with E-state index < -0.39 is 5.60 Å². The largest absolute Gasteiger partial charge is 0.374 e. The van der Waals surface area contributed by atoms with Crippen molar-refractivity contribution in [2.45, 2.75) is 26.4 Å². The average Bonchev–Trinajstić information content (AvgIpc) is 2.41. The Labute approximate surface area is 114 Å². The van der Waals surface area contributed by atoms with Gasteiger partial charge in [0, 0.05) is 5.56 Å². The molecule has 0 aliphatic heterocycles. The Morgan fingerprint density at radius 3 is 2.37 bits per heavy atom. The molecule has 0 saturated carbocycles. The molecular weight excluding hydrogens is 232 g/mol. The monoisotopic (exact) mass is 250 g/mol. The Balaban J connectivity index is 2.36. The van der Waals surface area contributed by atoms with Gasteiger partial charge in [-0.3, -0.25) is 0 Å². The van der Waals surface area contributed by atoms with Crippen LogP contribution in [0.5, 0.6) is 0 Å². The summed E-state index contributed by atoms with van der Waals surface area (Å²) in [5.41, 5.74) is 2.96. The fourth-order valence-corrected chi connectivity index (χ4v) is 1.89. The highest BCUT2D eigenvalue weighted by atomic mass is 16.3. The molecule has 96 valence electrons. The first-order chi connectivity index (χ1) is 8.99. The molecule has 1 N–H and O–H groups in total. The number of hydrogen-bond acceptors (Lipinski definition) is 1. The summed E-state index contributed by atoms with van der Waals surface area (Å²) < 4.78 is 0. The summed E-state index contributed by atoms with van der Waals surface area (Å²) in [4.78, 5) is 0. The second kappa shape index (κ2) is 5.30. The number of aryl methyl sites for hydroxylation is 2. The van der Waals surface area contributed by atoms with Crippen LogP contribution in [0.3, 0.4) is 0 Å². The molecule has 1 heteroatoms. The van der Waals surface area contributed by atoms with Crippen LogP contribution in [0.2, 0.25) is 0 Å². The van der Waals surface area contributed by atoms with Gasteiger partial charge < -0.3 is 5.11 Å². The number of benzene rings is 2. The summed E-state index contributed by atoms with van der Waals surface area (Å²) in [7, 11) is 0. The molecule has 0 spiro atoms.